The van der Waals surface area contributed by atoms with Crippen molar-refractivity contribution in [3.05, 3.63) is 29.3 Å². The van der Waals surface area contributed by atoms with Gasteiger partial charge in [-0.1, -0.05) is 12.1 Å². The molecule has 1 aromatic carbocycles. The summed E-state index contributed by atoms with van der Waals surface area (Å²) < 4.78 is 4.52. The first-order valence-corrected chi connectivity index (χ1v) is 5.67. The molecule has 98 valence electrons. The first-order valence-electron chi connectivity index (χ1n) is 5.67. The van der Waals surface area contributed by atoms with Gasteiger partial charge in [-0.3, -0.25) is 0 Å². The van der Waals surface area contributed by atoms with Gasteiger partial charge >= 0.3 is 12.0 Å². The molecule has 0 aliphatic carbocycles. The molecule has 0 spiro atoms. The molecule has 18 heavy (non-hydrogen) atoms. The summed E-state index contributed by atoms with van der Waals surface area (Å²) in [6, 6.07) is 4.53. The number of hydrogen-bond donors (Lipinski definition) is 2. The van der Waals surface area contributed by atoms with E-state index in [1.165, 1.54) is 7.11 Å². The van der Waals surface area contributed by atoms with Crippen molar-refractivity contribution < 1.29 is 14.3 Å². The molecule has 2 N–H and O–H groups in total. The molecule has 1 unspecified atom stereocenters. The number of urea groups is 1. The highest BCUT2D eigenvalue weighted by atomic mass is 16.5. The van der Waals surface area contributed by atoms with Gasteiger partial charge in [0.05, 0.1) is 7.11 Å². The van der Waals surface area contributed by atoms with Crippen molar-refractivity contribution in [1.82, 2.24) is 5.32 Å². The standard InChI is InChI=1S/C13H18N2O3/c1-8-6-5-7-11(9(8)2)15-13(17)14-10(3)12(16)18-4/h5-7,10H,1-4H3,(H2,14,15,17). The predicted molar refractivity (Wildman–Crippen MR) is 69.5 cm³/mol. The van der Waals surface area contributed by atoms with E-state index in [2.05, 4.69) is 15.4 Å². The summed E-state index contributed by atoms with van der Waals surface area (Å²) >= 11 is 0. The Kier molecular flexibility index (Phi) is 4.71. The van der Waals surface area contributed by atoms with Crippen LogP contribution in [0.1, 0.15) is 18.1 Å². The van der Waals surface area contributed by atoms with Crippen LogP contribution < -0.4 is 10.6 Å². The van der Waals surface area contributed by atoms with E-state index in [4.69, 9.17) is 0 Å². The average molecular weight is 250 g/mol. The third-order valence-electron chi connectivity index (χ3n) is 2.76. The summed E-state index contributed by atoms with van der Waals surface area (Å²) in [5.74, 6) is -0.480. The Hall–Kier alpha value is -2.04. The molecule has 0 saturated carbocycles. The number of anilines is 1. The Morgan fingerprint density at radius 3 is 2.56 bits per heavy atom. The summed E-state index contributed by atoms with van der Waals surface area (Å²) in [4.78, 5) is 22.8. The number of esters is 1. The van der Waals surface area contributed by atoms with E-state index in [9.17, 15) is 9.59 Å². The van der Waals surface area contributed by atoms with Crippen LogP contribution in [0.25, 0.3) is 0 Å². The maximum Gasteiger partial charge on any atom is 0.328 e. The van der Waals surface area contributed by atoms with E-state index in [0.29, 0.717) is 0 Å². The fourth-order valence-electron chi connectivity index (χ4n) is 1.48. The normalized spacial score (nSPS) is 11.6. The largest absolute Gasteiger partial charge is 0.467 e. The second-order valence-electron chi connectivity index (χ2n) is 4.09. The molecule has 1 aromatic rings. The number of carbonyl (C=O) groups is 2. The van der Waals surface area contributed by atoms with Gasteiger partial charge in [0, 0.05) is 5.69 Å². The zero-order valence-electron chi connectivity index (χ0n) is 11.0. The van der Waals surface area contributed by atoms with Crippen molar-refractivity contribution in [2.24, 2.45) is 0 Å². The van der Waals surface area contributed by atoms with Crippen molar-refractivity contribution in [1.29, 1.82) is 0 Å². The van der Waals surface area contributed by atoms with Crippen LogP contribution in [-0.2, 0) is 9.53 Å². The Morgan fingerprint density at radius 2 is 1.94 bits per heavy atom. The van der Waals surface area contributed by atoms with Crippen LogP contribution in [-0.4, -0.2) is 25.2 Å². The fourth-order valence-corrected chi connectivity index (χ4v) is 1.48. The van der Waals surface area contributed by atoms with E-state index in [1.54, 1.807) is 6.92 Å². The Balaban J connectivity index is 2.65. The molecular formula is C13H18N2O3. The number of carbonyl (C=O) groups excluding carboxylic acids is 2. The third-order valence-corrected chi connectivity index (χ3v) is 2.76. The van der Waals surface area contributed by atoms with Crippen LogP contribution in [0.3, 0.4) is 0 Å². The van der Waals surface area contributed by atoms with E-state index in [0.717, 1.165) is 16.8 Å². The SMILES string of the molecule is COC(=O)C(C)NC(=O)Nc1cccc(C)c1C. The predicted octanol–water partition coefficient (Wildman–Crippen LogP) is 1.99. The lowest BCUT2D eigenvalue weighted by molar-refractivity contribution is -0.142. The van der Waals surface area contributed by atoms with Crippen LogP contribution in [0.2, 0.25) is 0 Å². The molecule has 0 aromatic heterocycles. The summed E-state index contributed by atoms with van der Waals surface area (Å²) in [6.07, 6.45) is 0. The van der Waals surface area contributed by atoms with Gasteiger partial charge in [-0.25, -0.2) is 9.59 Å². The highest BCUT2D eigenvalue weighted by Gasteiger charge is 2.16. The number of benzene rings is 1. The highest BCUT2D eigenvalue weighted by molar-refractivity contribution is 5.93. The maximum atomic E-state index is 11.7. The minimum absolute atomic E-state index is 0.429. The first-order chi connectivity index (χ1) is 8.45. The van der Waals surface area contributed by atoms with Gasteiger partial charge in [-0.15, -0.1) is 0 Å². The molecule has 0 aliphatic rings. The van der Waals surface area contributed by atoms with Gasteiger partial charge in [0.25, 0.3) is 0 Å². The third kappa shape index (κ3) is 3.48. The summed E-state index contributed by atoms with van der Waals surface area (Å²) in [5.41, 5.74) is 2.82. The van der Waals surface area contributed by atoms with Crippen LogP contribution in [0.4, 0.5) is 10.5 Å². The van der Waals surface area contributed by atoms with Crippen molar-refractivity contribution in [2.75, 3.05) is 12.4 Å². The molecule has 0 bridgehead atoms. The maximum absolute atomic E-state index is 11.7. The molecule has 0 fully saturated rings. The van der Waals surface area contributed by atoms with Gasteiger partial charge in [-0.2, -0.15) is 0 Å². The molecule has 0 saturated heterocycles. The van der Waals surface area contributed by atoms with Gasteiger partial charge in [0.1, 0.15) is 6.04 Å². The quantitative estimate of drug-likeness (QED) is 0.806. The summed E-state index contributed by atoms with van der Waals surface area (Å²) in [6.45, 7) is 5.46. The highest BCUT2D eigenvalue weighted by Crippen LogP contribution is 2.17. The number of nitrogens with one attached hydrogen (secondary N) is 2. The number of aryl methyl sites for hydroxylation is 1. The molecule has 1 rings (SSSR count). The molecule has 5 heteroatoms. The number of ether oxygens (including phenoxy) is 1. The molecule has 1 atom stereocenters. The monoisotopic (exact) mass is 250 g/mol. The smallest absolute Gasteiger partial charge is 0.328 e. The fraction of sp³-hybridized carbons (Fsp3) is 0.385. The number of methoxy groups -OCH3 is 1. The minimum Gasteiger partial charge on any atom is -0.467 e. The zero-order valence-corrected chi connectivity index (χ0v) is 11.0. The number of hydrogen-bond acceptors (Lipinski definition) is 3. The van der Waals surface area contributed by atoms with Gasteiger partial charge < -0.3 is 15.4 Å². The molecule has 0 heterocycles. The summed E-state index contributed by atoms with van der Waals surface area (Å²) in [5, 5.41) is 5.20. The molecule has 5 nitrogen and oxygen atoms in total. The van der Waals surface area contributed by atoms with Crippen molar-refractivity contribution >= 4 is 17.7 Å². The lowest BCUT2D eigenvalue weighted by Crippen LogP contribution is -2.41. The zero-order chi connectivity index (χ0) is 13.7. The second kappa shape index (κ2) is 6.05. The van der Waals surface area contributed by atoms with Gasteiger partial charge in [0.2, 0.25) is 0 Å². The van der Waals surface area contributed by atoms with E-state index < -0.39 is 18.0 Å². The topological polar surface area (TPSA) is 67.4 Å². The van der Waals surface area contributed by atoms with Crippen LogP contribution >= 0.6 is 0 Å². The summed E-state index contributed by atoms with van der Waals surface area (Å²) in [7, 11) is 1.28. The van der Waals surface area contributed by atoms with E-state index in [-0.39, 0.29) is 0 Å². The Morgan fingerprint density at radius 1 is 1.28 bits per heavy atom. The number of amides is 2. The lowest BCUT2D eigenvalue weighted by Gasteiger charge is -2.14. The first kappa shape index (κ1) is 14.0. The molecule has 2 amide bonds. The van der Waals surface area contributed by atoms with Gasteiger partial charge in [0.15, 0.2) is 0 Å². The van der Waals surface area contributed by atoms with E-state index >= 15 is 0 Å². The van der Waals surface area contributed by atoms with E-state index in [1.807, 2.05) is 32.0 Å². The lowest BCUT2D eigenvalue weighted by atomic mass is 10.1. The van der Waals surface area contributed by atoms with Crippen molar-refractivity contribution in [3.8, 4) is 0 Å². The van der Waals surface area contributed by atoms with Crippen molar-refractivity contribution in [3.63, 3.8) is 0 Å². The van der Waals surface area contributed by atoms with Gasteiger partial charge in [-0.05, 0) is 38.0 Å². The van der Waals surface area contributed by atoms with Crippen LogP contribution in [0.5, 0.6) is 0 Å². The Labute approximate surface area is 107 Å². The van der Waals surface area contributed by atoms with Crippen LogP contribution in [0, 0.1) is 13.8 Å². The second-order valence-corrected chi connectivity index (χ2v) is 4.09. The minimum atomic E-state index is -0.680. The average Bonchev–Trinajstić information content (AvgIpc) is 2.33. The molecular weight excluding hydrogens is 232 g/mol. The molecule has 0 aliphatic heterocycles. The van der Waals surface area contributed by atoms with Crippen molar-refractivity contribution in [2.45, 2.75) is 26.8 Å². The van der Waals surface area contributed by atoms with Crippen LogP contribution in [0.15, 0.2) is 18.2 Å². The number of rotatable bonds is 3. The molecule has 0 radical (unpaired) electrons. The Bertz CT molecular complexity index is 458.